The van der Waals surface area contributed by atoms with Crippen LogP contribution in [0.15, 0.2) is 71.6 Å². The average Bonchev–Trinajstić information content (AvgIpc) is 2.91. The highest BCUT2D eigenvalue weighted by molar-refractivity contribution is 7.92. The lowest BCUT2D eigenvalue weighted by molar-refractivity contribution is -0.139. The van der Waals surface area contributed by atoms with Crippen LogP contribution in [-0.2, 0) is 26.2 Å². The first-order chi connectivity index (χ1) is 18.5. The van der Waals surface area contributed by atoms with Crippen molar-refractivity contribution >= 4 is 50.7 Å². The number of amides is 2. The van der Waals surface area contributed by atoms with E-state index < -0.39 is 40.2 Å². The fraction of sp³-hybridized carbons (Fsp3) is 0.259. The van der Waals surface area contributed by atoms with E-state index in [9.17, 15) is 22.4 Å². The van der Waals surface area contributed by atoms with E-state index in [1.807, 2.05) is 0 Å². The molecule has 0 unspecified atom stereocenters. The number of halogens is 3. The van der Waals surface area contributed by atoms with Crippen molar-refractivity contribution in [2.24, 2.45) is 0 Å². The van der Waals surface area contributed by atoms with Crippen LogP contribution in [-0.4, -0.2) is 51.4 Å². The van der Waals surface area contributed by atoms with E-state index in [-0.39, 0.29) is 22.2 Å². The second-order valence-electron chi connectivity index (χ2n) is 8.49. The van der Waals surface area contributed by atoms with Crippen molar-refractivity contribution in [1.82, 2.24) is 10.2 Å². The molecular formula is C27H28Cl2FN3O5S. The monoisotopic (exact) mass is 595 g/mol. The first-order valence-electron chi connectivity index (χ1n) is 11.9. The quantitative estimate of drug-likeness (QED) is 0.340. The lowest BCUT2D eigenvalue weighted by atomic mass is 10.1. The van der Waals surface area contributed by atoms with Crippen LogP contribution >= 0.6 is 23.2 Å². The highest BCUT2D eigenvalue weighted by Crippen LogP contribution is 2.27. The van der Waals surface area contributed by atoms with E-state index in [1.54, 1.807) is 19.1 Å². The number of nitrogens with zero attached hydrogens (tertiary/aromatic N) is 2. The Balaban J connectivity index is 2.04. The van der Waals surface area contributed by atoms with Crippen LogP contribution in [0.2, 0.25) is 10.0 Å². The molecule has 0 heterocycles. The number of sulfonamides is 1. The van der Waals surface area contributed by atoms with Crippen molar-refractivity contribution in [2.45, 2.75) is 31.3 Å². The zero-order valence-corrected chi connectivity index (χ0v) is 23.9. The van der Waals surface area contributed by atoms with Gasteiger partial charge in [0.25, 0.3) is 10.0 Å². The normalized spacial score (nSPS) is 11.9. The number of carbonyl (C=O) groups excluding carboxylic acids is 2. The largest absolute Gasteiger partial charge is 0.497 e. The van der Waals surface area contributed by atoms with Crippen molar-refractivity contribution in [3.63, 3.8) is 0 Å². The van der Waals surface area contributed by atoms with E-state index in [1.165, 1.54) is 61.4 Å². The molecule has 0 fully saturated rings. The van der Waals surface area contributed by atoms with Gasteiger partial charge in [0, 0.05) is 23.1 Å². The second-order valence-corrected chi connectivity index (χ2v) is 11.2. The molecule has 1 atom stereocenters. The minimum Gasteiger partial charge on any atom is -0.497 e. The van der Waals surface area contributed by atoms with Gasteiger partial charge < -0.3 is 15.0 Å². The molecule has 208 valence electrons. The Morgan fingerprint density at radius 3 is 2.23 bits per heavy atom. The van der Waals surface area contributed by atoms with Crippen LogP contribution in [0.5, 0.6) is 5.75 Å². The molecule has 0 aliphatic rings. The fourth-order valence-corrected chi connectivity index (χ4v) is 5.63. The molecule has 0 saturated heterocycles. The molecule has 0 aliphatic carbocycles. The van der Waals surface area contributed by atoms with E-state index in [0.717, 1.165) is 16.4 Å². The molecule has 12 heteroatoms. The molecule has 39 heavy (non-hydrogen) atoms. The topological polar surface area (TPSA) is 96.0 Å². The zero-order valence-electron chi connectivity index (χ0n) is 21.5. The highest BCUT2D eigenvalue weighted by atomic mass is 35.5. The molecule has 0 saturated carbocycles. The highest BCUT2D eigenvalue weighted by Gasteiger charge is 2.32. The molecule has 1 N–H and O–H groups in total. The van der Waals surface area contributed by atoms with Gasteiger partial charge in [-0.25, -0.2) is 12.8 Å². The van der Waals surface area contributed by atoms with Gasteiger partial charge in [-0.15, -0.1) is 0 Å². The van der Waals surface area contributed by atoms with Crippen molar-refractivity contribution in [3.8, 4) is 5.75 Å². The number of carbonyl (C=O) groups is 2. The molecular weight excluding hydrogens is 568 g/mol. The Bertz CT molecular complexity index is 1420. The Morgan fingerprint density at radius 2 is 1.67 bits per heavy atom. The fourth-order valence-electron chi connectivity index (χ4n) is 3.75. The minimum absolute atomic E-state index is 0.0655. The summed E-state index contributed by atoms with van der Waals surface area (Å²) in [5.41, 5.74) is 0.576. The van der Waals surface area contributed by atoms with Gasteiger partial charge in [0.2, 0.25) is 11.8 Å². The molecule has 3 aromatic carbocycles. The molecule has 0 bridgehead atoms. The summed E-state index contributed by atoms with van der Waals surface area (Å²) < 4.78 is 47.2. The molecule has 2 amide bonds. The lowest BCUT2D eigenvalue weighted by Gasteiger charge is -2.32. The van der Waals surface area contributed by atoms with Gasteiger partial charge in [0.05, 0.1) is 17.7 Å². The van der Waals surface area contributed by atoms with Crippen LogP contribution in [0.4, 0.5) is 10.1 Å². The molecule has 0 radical (unpaired) electrons. The number of hydrogen-bond acceptors (Lipinski definition) is 5. The summed E-state index contributed by atoms with van der Waals surface area (Å²) in [4.78, 5) is 27.7. The van der Waals surface area contributed by atoms with Gasteiger partial charge in [-0.2, -0.15) is 0 Å². The molecule has 0 aliphatic heterocycles. The average molecular weight is 597 g/mol. The van der Waals surface area contributed by atoms with Crippen molar-refractivity contribution in [2.75, 3.05) is 24.5 Å². The van der Waals surface area contributed by atoms with Crippen LogP contribution in [0.25, 0.3) is 0 Å². The maximum absolute atomic E-state index is 13.8. The second kappa shape index (κ2) is 13.1. The van der Waals surface area contributed by atoms with Gasteiger partial charge in [-0.3, -0.25) is 13.9 Å². The minimum atomic E-state index is -4.30. The Kier molecular flexibility index (Phi) is 10.2. The first kappa shape index (κ1) is 30.2. The number of nitrogens with one attached hydrogen (secondary N) is 1. The predicted molar refractivity (Wildman–Crippen MR) is 149 cm³/mol. The zero-order chi connectivity index (χ0) is 28.7. The smallest absolute Gasteiger partial charge is 0.264 e. The lowest BCUT2D eigenvalue weighted by Crippen LogP contribution is -2.51. The number of hydrogen-bond donors (Lipinski definition) is 1. The van der Waals surface area contributed by atoms with Crippen LogP contribution in [0.3, 0.4) is 0 Å². The predicted octanol–water partition coefficient (Wildman–Crippen LogP) is 4.89. The number of rotatable bonds is 11. The first-order valence-corrected chi connectivity index (χ1v) is 14.1. The summed E-state index contributed by atoms with van der Waals surface area (Å²) in [6, 6.07) is 14.1. The van der Waals surface area contributed by atoms with E-state index in [0.29, 0.717) is 22.9 Å². The van der Waals surface area contributed by atoms with Crippen molar-refractivity contribution in [3.05, 3.63) is 88.2 Å². The summed E-state index contributed by atoms with van der Waals surface area (Å²) in [5, 5.41) is 3.35. The van der Waals surface area contributed by atoms with Gasteiger partial charge >= 0.3 is 0 Å². The third kappa shape index (κ3) is 7.40. The molecule has 3 aromatic rings. The van der Waals surface area contributed by atoms with Crippen LogP contribution < -0.4 is 14.4 Å². The molecule has 8 nitrogen and oxygen atoms in total. The van der Waals surface area contributed by atoms with Crippen molar-refractivity contribution < 1.29 is 27.1 Å². The number of ether oxygens (including phenoxy) is 1. The Morgan fingerprint density at radius 1 is 1.03 bits per heavy atom. The molecule has 0 spiro atoms. The SMILES string of the molecule is CCNC(=O)[C@@H](C)N(Cc1ccc(Cl)cc1Cl)C(=O)CN(c1ccc(F)cc1)S(=O)(=O)c1ccc(OC)cc1. The van der Waals surface area contributed by atoms with Gasteiger partial charge in [0.1, 0.15) is 24.2 Å². The van der Waals surface area contributed by atoms with E-state index >= 15 is 0 Å². The summed E-state index contributed by atoms with van der Waals surface area (Å²) in [5.74, 6) is -1.24. The van der Waals surface area contributed by atoms with Gasteiger partial charge in [0.15, 0.2) is 0 Å². The third-order valence-electron chi connectivity index (χ3n) is 5.92. The number of methoxy groups -OCH3 is 1. The van der Waals surface area contributed by atoms with Gasteiger partial charge in [-0.1, -0.05) is 29.3 Å². The Labute approximate surface area is 237 Å². The molecule has 0 aromatic heterocycles. The summed E-state index contributed by atoms with van der Waals surface area (Å²) in [6.45, 7) is 2.85. The Hall–Kier alpha value is -3.34. The van der Waals surface area contributed by atoms with E-state index in [4.69, 9.17) is 27.9 Å². The third-order valence-corrected chi connectivity index (χ3v) is 8.29. The summed E-state index contributed by atoms with van der Waals surface area (Å²) >= 11 is 12.4. The number of anilines is 1. The number of likely N-dealkylation sites (N-methyl/N-ethyl adjacent to an activating group) is 1. The number of benzene rings is 3. The summed E-state index contributed by atoms with van der Waals surface area (Å²) in [7, 11) is -2.85. The maximum Gasteiger partial charge on any atom is 0.264 e. The van der Waals surface area contributed by atoms with Gasteiger partial charge in [-0.05, 0) is 80.1 Å². The van der Waals surface area contributed by atoms with Crippen LogP contribution in [0.1, 0.15) is 19.4 Å². The van der Waals surface area contributed by atoms with Crippen LogP contribution in [0, 0.1) is 5.82 Å². The van der Waals surface area contributed by atoms with E-state index in [2.05, 4.69) is 5.32 Å². The maximum atomic E-state index is 13.8. The molecule has 3 rings (SSSR count). The summed E-state index contributed by atoms with van der Waals surface area (Å²) in [6.07, 6.45) is 0. The van der Waals surface area contributed by atoms with Crippen molar-refractivity contribution in [1.29, 1.82) is 0 Å². The standard InChI is InChI=1S/C27H28Cl2FN3O5S/c1-4-31-27(35)18(2)32(16-19-5-6-20(28)15-25(19)29)26(34)17-33(22-9-7-21(30)8-10-22)39(36,37)24-13-11-23(38-3)12-14-24/h5-15,18H,4,16-17H2,1-3H3,(H,31,35)/t18-/m1/s1.